The zero-order valence-corrected chi connectivity index (χ0v) is 12.1. The number of carbonyl (C=O) groups excluding carboxylic acids is 2. The molecule has 0 bridgehead atoms. The Labute approximate surface area is 120 Å². The Bertz CT molecular complexity index is 282. The molecule has 0 aliphatic carbocycles. The molecule has 0 aromatic heterocycles. The maximum atomic E-state index is 11.5. The number of hydrogen-bond donors (Lipinski definition) is 4. The fraction of sp³-hybridized carbons (Fsp3) is 0.846. The molecule has 1 rings (SSSR count). The van der Waals surface area contributed by atoms with Gasteiger partial charge in [-0.15, -0.1) is 0 Å². The maximum Gasteiger partial charge on any atom is 0.229 e. The molecule has 0 spiro atoms. The van der Waals surface area contributed by atoms with Gasteiger partial charge in [0.05, 0.1) is 0 Å². The van der Waals surface area contributed by atoms with Crippen LogP contribution in [0.3, 0.4) is 0 Å². The standard InChI is InChI=1S/C13H27N5O2/c14-4-5-15-6-7-16-8-9-17-10-11-18-12(19)2-1-3-13(18)20/h15-17H,1-11,14H2. The molecule has 0 unspecified atom stereocenters. The number of imide groups is 1. The highest BCUT2D eigenvalue weighted by Crippen LogP contribution is 2.10. The fourth-order valence-corrected chi connectivity index (χ4v) is 2.07. The van der Waals surface area contributed by atoms with E-state index in [-0.39, 0.29) is 11.8 Å². The third kappa shape index (κ3) is 6.95. The van der Waals surface area contributed by atoms with Crippen LogP contribution in [0, 0.1) is 0 Å². The molecule has 0 radical (unpaired) electrons. The number of nitrogens with zero attached hydrogens (tertiary/aromatic N) is 1. The summed E-state index contributed by atoms with van der Waals surface area (Å²) in [6.07, 6.45) is 1.70. The number of nitrogens with two attached hydrogens (primary N) is 1. The Morgan fingerprint density at radius 1 is 0.850 bits per heavy atom. The topological polar surface area (TPSA) is 99.5 Å². The summed E-state index contributed by atoms with van der Waals surface area (Å²) in [4.78, 5) is 24.5. The first kappa shape index (κ1) is 17.0. The molecule has 116 valence electrons. The van der Waals surface area contributed by atoms with Crippen molar-refractivity contribution in [3.05, 3.63) is 0 Å². The summed E-state index contributed by atoms with van der Waals surface area (Å²) < 4.78 is 0. The SMILES string of the molecule is NCCNCCNCCNCCN1C(=O)CCCC1=O. The lowest BCUT2D eigenvalue weighted by molar-refractivity contribution is -0.147. The molecular formula is C13H27N5O2. The monoisotopic (exact) mass is 285 g/mol. The van der Waals surface area contributed by atoms with Crippen molar-refractivity contribution in [3.8, 4) is 0 Å². The molecule has 5 N–H and O–H groups in total. The van der Waals surface area contributed by atoms with Gasteiger partial charge in [-0.2, -0.15) is 0 Å². The molecule has 0 aromatic rings. The van der Waals surface area contributed by atoms with E-state index in [2.05, 4.69) is 16.0 Å². The van der Waals surface area contributed by atoms with Crippen molar-refractivity contribution in [1.82, 2.24) is 20.9 Å². The third-order valence-electron chi connectivity index (χ3n) is 3.17. The predicted molar refractivity (Wildman–Crippen MR) is 78.2 cm³/mol. The largest absolute Gasteiger partial charge is 0.329 e. The van der Waals surface area contributed by atoms with E-state index in [4.69, 9.17) is 5.73 Å². The molecule has 1 fully saturated rings. The summed E-state index contributed by atoms with van der Waals surface area (Å²) in [6, 6.07) is 0. The lowest BCUT2D eigenvalue weighted by atomic mass is 10.1. The van der Waals surface area contributed by atoms with Crippen LogP contribution in [0.2, 0.25) is 0 Å². The Hall–Kier alpha value is -1.02. The Morgan fingerprint density at radius 2 is 1.35 bits per heavy atom. The first-order chi connectivity index (χ1) is 9.75. The summed E-state index contributed by atoms with van der Waals surface area (Å²) in [7, 11) is 0. The lowest BCUT2D eigenvalue weighted by Gasteiger charge is -2.24. The average molecular weight is 285 g/mol. The zero-order chi connectivity index (χ0) is 14.6. The van der Waals surface area contributed by atoms with Crippen LogP contribution in [0.4, 0.5) is 0 Å². The van der Waals surface area contributed by atoms with Gasteiger partial charge in [0, 0.05) is 65.2 Å². The Balaban J connectivity index is 1.91. The van der Waals surface area contributed by atoms with Gasteiger partial charge in [-0.1, -0.05) is 0 Å². The smallest absolute Gasteiger partial charge is 0.229 e. The number of likely N-dealkylation sites (tertiary alicyclic amines) is 1. The van der Waals surface area contributed by atoms with Crippen molar-refractivity contribution in [2.24, 2.45) is 5.73 Å². The summed E-state index contributed by atoms with van der Waals surface area (Å²) in [5.41, 5.74) is 5.36. The van der Waals surface area contributed by atoms with E-state index in [1.807, 2.05) is 0 Å². The summed E-state index contributed by atoms with van der Waals surface area (Å²) in [5, 5.41) is 9.71. The normalized spacial score (nSPS) is 15.9. The number of nitrogens with one attached hydrogen (secondary N) is 3. The van der Waals surface area contributed by atoms with Gasteiger partial charge in [0.1, 0.15) is 0 Å². The summed E-state index contributed by atoms with van der Waals surface area (Å²) in [5.74, 6) is -0.0701. The fourth-order valence-electron chi connectivity index (χ4n) is 2.07. The highest BCUT2D eigenvalue weighted by Gasteiger charge is 2.24. The molecule has 20 heavy (non-hydrogen) atoms. The summed E-state index contributed by atoms with van der Waals surface area (Å²) in [6.45, 7) is 6.16. The summed E-state index contributed by atoms with van der Waals surface area (Å²) >= 11 is 0. The van der Waals surface area contributed by atoms with E-state index in [0.717, 1.165) is 32.7 Å². The highest BCUT2D eigenvalue weighted by atomic mass is 16.2. The molecule has 1 aliphatic rings. The van der Waals surface area contributed by atoms with Crippen LogP contribution >= 0.6 is 0 Å². The van der Waals surface area contributed by atoms with Crippen LogP contribution in [-0.2, 0) is 9.59 Å². The van der Waals surface area contributed by atoms with Gasteiger partial charge < -0.3 is 21.7 Å². The quantitative estimate of drug-likeness (QED) is 0.265. The number of carbonyl (C=O) groups is 2. The minimum Gasteiger partial charge on any atom is -0.329 e. The molecule has 1 aliphatic heterocycles. The minimum atomic E-state index is -0.0350. The van der Waals surface area contributed by atoms with Crippen LogP contribution in [0.25, 0.3) is 0 Å². The second-order valence-corrected chi connectivity index (χ2v) is 4.83. The molecule has 0 aromatic carbocycles. The van der Waals surface area contributed by atoms with Crippen LogP contribution in [0.15, 0.2) is 0 Å². The van der Waals surface area contributed by atoms with E-state index in [0.29, 0.717) is 38.9 Å². The van der Waals surface area contributed by atoms with Crippen molar-refractivity contribution >= 4 is 11.8 Å². The molecule has 0 atom stereocenters. The van der Waals surface area contributed by atoms with Crippen molar-refractivity contribution in [3.63, 3.8) is 0 Å². The second kappa shape index (κ2) is 10.7. The number of amides is 2. The van der Waals surface area contributed by atoms with Crippen LogP contribution < -0.4 is 21.7 Å². The number of rotatable bonds is 11. The van der Waals surface area contributed by atoms with Gasteiger partial charge in [-0.25, -0.2) is 0 Å². The second-order valence-electron chi connectivity index (χ2n) is 4.83. The molecule has 2 amide bonds. The molecule has 7 heteroatoms. The van der Waals surface area contributed by atoms with Gasteiger partial charge in [0.15, 0.2) is 0 Å². The van der Waals surface area contributed by atoms with E-state index in [9.17, 15) is 9.59 Å². The van der Waals surface area contributed by atoms with E-state index in [1.54, 1.807) is 0 Å². The van der Waals surface area contributed by atoms with Crippen molar-refractivity contribution < 1.29 is 9.59 Å². The number of piperidine rings is 1. The first-order valence-electron chi connectivity index (χ1n) is 7.41. The molecule has 7 nitrogen and oxygen atoms in total. The number of hydrogen-bond acceptors (Lipinski definition) is 6. The predicted octanol–water partition coefficient (Wildman–Crippen LogP) is -1.75. The molecular weight excluding hydrogens is 258 g/mol. The first-order valence-corrected chi connectivity index (χ1v) is 7.41. The van der Waals surface area contributed by atoms with Gasteiger partial charge in [0.2, 0.25) is 11.8 Å². The Morgan fingerprint density at radius 3 is 1.90 bits per heavy atom. The van der Waals surface area contributed by atoms with E-state index in [1.165, 1.54) is 4.90 Å². The van der Waals surface area contributed by atoms with Gasteiger partial charge in [0.25, 0.3) is 0 Å². The molecule has 1 saturated heterocycles. The molecule has 0 saturated carbocycles. The molecule has 1 heterocycles. The highest BCUT2D eigenvalue weighted by molar-refractivity contribution is 5.97. The van der Waals surface area contributed by atoms with Gasteiger partial charge in [-0.3, -0.25) is 14.5 Å². The van der Waals surface area contributed by atoms with Gasteiger partial charge in [-0.05, 0) is 6.42 Å². The zero-order valence-electron chi connectivity index (χ0n) is 12.1. The van der Waals surface area contributed by atoms with Crippen molar-refractivity contribution in [1.29, 1.82) is 0 Å². The third-order valence-corrected chi connectivity index (χ3v) is 3.17. The van der Waals surface area contributed by atoms with Crippen LogP contribution in [0.1, 0.15) is 19.3 Å². The van der Waals surface area contributed by atoms with Crippen LogP contribution in [-0.4, -0.2) is 69.1 Å². The van der Waals surface area contributed by atoms with Crippen molar-refractivity contribution in [2.75, 3.05) is 52.4 Å². The average Bonchev–Trinajstić information content (AvgIpc) is 2.43. The van der Waals surface area contributed by atoms with Gasteiger partial charge >= 0.3 is 0 Å². The Kier molecular flexibility index (Phi) is 9.14. The minimum absolute atomic E-state index is 0.0350. The van der Waals surface area contributed by atoms with E-state index < -0.39 is 0 Å². The van der Waals surface area contributed by atoms with Crippen LogP contribution in [0.5, 0.6) is 0 Å². The van der Waals surface area contributed by atoms with E-state index >= 15 is 0 Å². The lowest BCUT2D eigenvalue weighted by Crippen LogP contribution is -2.44. The van der Waals surface area contributed by atoms with Crippen molar-refractivity contribution in [2.45, 2.75) is 19.3 Å². The maximum absolute atomic E-state index is 11.5.